The van der Waals surface area contributed by atoms with Crippen LogP contribution < -0.4 is 0 Å². The average molecular weight is 238 g/mol. The number of hydrogen-bond donors (Lipinski definition) is 0. The number of rotatable bonds is 2. The Bertz CT molecular complexity index is 243. The van der Waals surface area contributed by atoms with Crippen molar-refractivity contribution < 1.29 is 9.53 Å². The van der Waals surface area contributed by atoms with Crippen LogP contribution in [0.1, 0.15) is 71.1 Å². The van der Waals surface area contributed by atoms with Gasteiger partial charge in [-0.2, -0.15) is 0 Å². The maximum atomic E-state index is 11.7. The van der Waals surface area contributed by atoms with Crippen molar-refractivity contribution in [3.8, 4) is 0 Å². The fourth-order valence-corrected chi connectivity index (χ4v) is 2.31. The second kappa shape index (κ2) is 9.26. The van der Waals surface area contributed by atoms with E-state index >= 15 is 0 Å². The Balaban J connectivity index is 2.47. The van der Waals surface area contributed by atoms with Crippen LogP contribution in [0.15, 0.2) is 11.6 Å². The standard InChI is InChI=1S/C15H26O2/c1-2-17-15(16)14-12-10-8-6-4-3-5-7-9-11-13-14/h12H,2-11,13H2,1H3/b14-12-. The first-order chi connectivity index (χ1) is 8.34. The largest absolute Gasteiger partial charge is 0.463 e. The van der Waals surface area contributed by atoms with Crippen LogP contribution in [0.3, 0.4) is 0 Å². The molecule has 0 aliphatic heterocycles. The Hall–Kier alpha value is -0.790. The summed E-state index contributed by atoms with van der Waals surface area (Å²) in [7, 11) is 0. The van der Waals surface area contributed by atoms with Crippen LogP contribution in [0.25, 0.3) is 0 Å². The predicted octanol–water partition coefficient (Wildman–Crippen LogP) is 4.39. The molecular weight excluding hydrogens is 212 g/mol. The number of allylic oxidation sites excluding steroid dienone is 1. The summed E-state index contributed by atoms with van der Waals surface area (Å²) in [6, 6.07) is 0. The van der Waals surface area contributed by atoms with E-state index in [4.69, 9.17) is 4.74 Å². The molecular formula is C15H26O2. The van der Waals surface area contributed by atoms with Crippen LogP contribution in [0, 0.1) is 0 Å². The molecule has 1 aliphatic rings. The van der Waals surface area contributed by atoms with Crippen molar-refractivity contribution in [3.63, 3.8) is 0 Å². The monoisotopic (exact) mass is 238 g/mol. The van der Waals surface area contributed by atoms with Crippen LogP contribution >= 0.6 is 0 Å². The van der Waals surface area contributed by atoms with Crippen molar-refractivity contribution in [2.75, 3.05) is 6.61 Å². The van der Waals surface area contributed by atoms with Crippen molar-refractivity contribution in [2.45, 2.75) is 71.1 Å². The van der Waals surface area contributed by atoms with E-state index < -0.39 is 0 Å². The van der Waals surface area contributed by atoms with E-state index in [1.807, 2.05) is 6.92 Å². The second-order valence-electron chi connectivity index (χ2n) is 4.82. The Morgan fingerprint density at radius 3 is 2.29 bits per heavy atom. The zero-order valence-corrected chi connectivity index (χ0v) is 11.2. The molecule has 0 aromatic rings. The van der Waals surface area contributed by atoms with E-state index in [9.17, 15) is 4.79 Å². The Kier molecular flexibility index (Phi) is 7.78. The molecule has 0 saturated carbocycles. The summed E-state index contributed by atoms with van der Waals surface area (Å²) in [5, 5.41) is 0. The van der Waals surface area contributed by atoms with Gasteiger partial charge in [0.15, 0.2) is 0 Å². The zero-order valence-electron chi connectivity index (χ0n) is 11.2. The fraction of sp³-hybridized carbons (Fsp3) is 0.800. The Morgan fingerprint density at radius 2 is 1.65 bits per heavy atom. The van der Waals surface area contributed by atoms with Crippen molar-refractivity contribution in [1.82, 2.24) is 0 Å². The summed E-state index contributed by atoms with van der Waals surface area (Å²) in [6.07, 6.45) is 14.3. The minimum absolute atomic E-state index is 0.0930. The van der Waals surface area contributed by atoms with Gasteiger partial charge in [-0.25, -0.2) is 4.79 Å². The SMILES string of the molecule is CCOC(=O)/C1=C\CCCCCCCCCC1. The van der Waals surface area contributed by atoms with Gasteiger partial charge in [-0.3, -0.25) is 0 Å². The molecule has 2 nitrogen and oxygen atoms in total. The quantitative estimate of drug-likeness (QED) is 0.667. The highest BCUT2D eigenvalue weighted by Crippen LogP contribution is 2.17. The highest BCUT2D eigenvalue weighted by molar-refractivity contribution is 5.88. The fourth-order valence-electron chi connectivity index (χ4n) is 2.31. The number of hydrogen-bond acceptors (Lipinski definition) is 2. The van der Waals surface area contributed by atoms with Gasteiger partial charge in [-0.1, -0.05) is 44.6 Å². The Labute approximate surface area is 105 Å². The molecule has 0 aromatic carbocycles. The van der Waals surface area contributed by atoms with E-state index in [1.165, 1.54) is 44.9 Å². The minimum Gasteiger partial charge on any atom is -0.463 e. The summed E-state index contributed by atoms with van der Waals surface area (Å²) >= 11 is 0. The van der Waals surface area contributed by atoms with E-state index in [-0.39, 0.29) is 5.97 Å². The third-order valence-electron chi connectivity index (χ3n) is 3.33. The molecule has 0 aromatic heterocycles. The van der Waals surface area contributed by atoms with Gasteiger partial charge in [0.25, 0.3) is 0 Å². The smallest absolute Gasteiger partial charge is 0.333 e. The van der Waals surface area contributed by atoms with Gasteiger partial charge in [0.2, 0.25) is 0 Å². The normalized spacial score (nSPS) is 22.8. The molecule has 0 unspecified atom stereocenters. The van der Waals surface area contributed by atoms with Gasteiger partial charge in [0.05, 0.1) is 6.61 Å². The van der Waals surface area contributed by atoms with Crippen LogP contribution in [0.4, 0.5) is 0 Å². The van der Waals surface area contributed by atoms with Crippen molar-refractivity contribution >= 4 is 5.97 Å². The molecule has 17 heavy (non-hydrogen) atoms. The first kappa shape index (κ1) is 14.3. The number of ether oxygens (including phenoxy) is 1. The molecule has 1 aliphatic carbocycles. The molecule has 0 atom stereocenters. The van der Waals surface area contributed by atoms with Crippen molar-refractivity contribution in [3.05, 3.63) is 11.6 Å². The molecule has 2 heteroatoms. The summed E-state index contributed by atoms with van der Waals surface area (Å²) in [6.45, 7) is 2.35. The summed E-state index contributed by atoms with van der Waals surface area (Å²) in [5.74, 6) is -0.0930. The molecule has 0 spiro atoms. The lowest BCUT2D eigenvalue weighted by molar-refractivity contribution is -0.138. The maximum Gasteiger partial charge on any atom is 0.333 e. The summed E-state index contributed by atoms with van der Waals surface area (Å²) in [5.41, 5.74) is 0.910. The molecule has 0 saturated heterocycles. The predicted molar refractivity (Wildman–Crippen MR) is 70.9 cm³/mol. The molecule has 0 radical (unpaired) electrons. The Morgan fingerprint density at radius 1 is 1.06 bits per heavy atom. The van der Waals surface area contributed by atoms with E-state index in [2.05, 4.69) is 6.08 Å². The number of carbonyl (C=O) groups excluding carboxylic acids is 1. The van der Waals surface area contributed by atoms with Gasteiger partial charge in [0, 0.05) is 5.57 Å². The van der Waals surface area contributed by atoms with Crippen LogP contribution in [0.5, 0.6) is 0 Å². The first-order valence-corrected chi connectivity index (χ1v) is 7.20. The van der Waals surface area contributed by atoms with E-state index in [0.29, 0.717) is 6.61 Å². The summed E-state index contributed by atoms with van der Waals surface area (Å²) < 4.78 is 5.10. The minimum atomic E-state index is -0.0930. The molecule has 1 rings (SSSR count). The lowest BCUT2D eigenvalue weighted by Crippen LogP contribution is -2.08. The number of esters is 1. The van der Waals surface area contributed by atoms with Gasteiger partial charge in [0.1, 0.15) is 0 Å². The zero-order chi connectivity index (χ0) is 12.3. The highest BCUT2D eigenvalue weighted by atomic mass is 16.5. The number of carbonyl (C=O) groups is 1. The third kappa shape index (κ3) is 6.50. The van der Waals surface area contributed by atoms with Crippen LogP contribution in [-0.4, -0.2) is 12.6 Å². The molecule has 0 bridgehead atoms. The van der Waals surface area contributed by atoms with Crippen LogP contribution in [0.2, 0.25) is 0 Å². The third-order valence-corrected chi connectivity index (χ3v) is 3.33. The molecule has 0 heterocycles. The van der Waals surface area contributed by atoms with Gasteiger partial charge in [-0.15, -0.1) is 0 Å². The van der Waals surface area contributed by atoms with E-state index in [1.54, 1.807) is 0 Å². The highest BCUT2D eigenvalue weighted by Gasteiger charge is 2.10. The molecule has 0 N–H and O–H groups in total. The van der Waals surface area contributed by atoms with Crippen molar-refractivity contribution in [2.24, 2.45) is 0 Å². The van der Waals surface area contributed by atoms with Crippen molar-refractivity contribution in [1.29, 1.82) is 0 Å². The molecule has 0 amide bonds. The van der Waals surface area contributed by atoms with Gasteiger partial charge in [-0.05, 0) is 32.6 Å². The molecule has 98 valence electrons. The van der Waals surface area contributed by atoms with Gasteiger partial charge >= 0.3 is 5.97 Å². The lowest BCUT2D eigenvalue weighted by Gasteiger charge is -2.09. The maximum absolute atomic E-state index is 11.7. The van der Waals surface area contributed by atoms with E-state index in [0.717, 1.165) is 24.8 Å². The van der Waals surface area contributed by atoms with Crippen LogP contribution in [-0.2, 0) is 9.53 Å². The molecule has 0 fully saturated rings. The first-order valence-electron chi connectivity index (χ1n) is 7.20. The van der Waals surface area contributed by atoms with Gasteiger partial charge < -0.3 is 4.74 Å². The lowest BCUT2D eigenvalue weighted by atomic mass is 10.0. The second-order valence-corrected chi connectivity index (χ2v) is 4.82. The average Bonchev–Trinajstić information content (AvgIpc) is 2.30. The summed E-state index contributed by atoms with van der Waals surface area (Å²) in [4.78, 5) is 11.7. The topological polar surface area (TPSA) is 26.3 Å².